The van der Waals surface area contributed by atoms with E-state index in [4.69, 9.17) is 12.2 Å². The number of fused-ring (bicyclic) bond motifs is 1. The van der Waals surface area contributed by atoms with Gasteiger partial charge in [-0.05, 0) is 30.8 Å². The summed E-state index contributed by atoms with van der Waals surface area (Å²) in [5, 5.41) is 0. The average molecular weight is 178 g/mol. The van der Waals surface area contributed by atoms with Gasteiger partial charge in [0, 0.05) is 7.05 Å². The normalized spacial score (nSPS) is 14.4. The van der Waals surface area contributed by atoms with Crippen LogP contribution in [0.2, 0.25) is 0 Å². The maximum absolute atomic E-state index is 5.11. The quantitative estimate of drug-likeness (QED) is 0.605. The van der Waals surface area contributed by atoms with Crippen molar-refractivity contribution in [3.8, 4) is 0 Å². The van der Waals surface area contributed by atoms with Crippen LogP contribution in [-0.4, -0.2) is 9.55 Å². The SMILES string of the molecule is Cn1c2c([nH]c1=S)C=CCC=C2. The van der Waals surface area contributed by atoms with E-state index in [9.17, 15) is 0 Å². The van der Waals surface area contributed by atoms with Crippen molar-refractivity contribution in [2.24, 2.45) is 7.05 Å². The molecule has 0 unspecified atom stereocenters. The topological polar surface area (TPSA) is 20.7 Å². The number of hydrogen-bond donors (Lipinski definition) is 1. The largest absolute Gasteiger partial charge is 0.331 e. The molecule has 1 aromatic heterocycles. The Hall–Kier alpha value is -1.09. The third kappa shape index (κ3) is 1.06. The molecule has 0 aliphatic heterocycles. The van der Waals surface area contributed by atoms with Gasteiger partial charge in [0.25, 0.3) is 0 Å². The standard InChI is InChI=1S/C9H10N2S/c1-11-8-6-4-2-3-5-7(8)10-9(11)12/h3-6H,2H2,1H3,(H,10,12). The van der Waals surface area contributed by atoms with E-state index in [1.54, 1.807) is 0 Å². The fourth-order valence-corrected chi connectivity index (χ4v) is 1.53. The Morgan fingerprint density at radius 2 is 2.17 bits per heavy atom. The molecular weight excluding hydrogens is 168 g/mol. The van der Waals surface area contributed by atoms with E-state index in [0.717, 1.165) is 22.6 Å². The van der Waals surface area contributed by atoms with Crippen LogP contribution in [0.5, 0.6) is 0 Å². The Balaban J connectivity index is 2.73. The van der Waals surface area contributed by atoms with Crippen LogP contribution in [0.3, 0.4) is 0 Å². The first-order valence-corrected chi connectivity index (χ1v) is 4.32. The minimum absolute atomic E-state index is 0.774. The summed E-state index contributed by atoms with van der Waals surface area (Å²) in [6, 6.07) is 0. The van der Waals surface area contributed by atoms with Gasteiger partial charge in [-0.2, -0.15) is 0 Å². The van der Waals surface area contributed by atoms with Gasteiger partial charge in [-0.25, -0.2) is 0 Å². The minimum Gasteiger partial charge on any atom is -0.331 e. The lowest BCUT2D eigenvalue weighted by Gasteiger charge is -1.94. The number of allylic oxidation sites excluding steroid dienone is 2. The average Bonchev–Trinajstić information content (AvgIpc) is 2.30. The van der Waals surface area contributed by atoms with Gasteiger partial charge in [0.05, 0.1) is 11.4 Å². The third-order valence-electron chi connectivity index (χ3n) is 2.02. The van der Waals surface area contributed by atoms with Gasteiger partial charge >= 0.3 is 0 Å². The summed E-state index contributed by atoms with van der Waals surface area (Å²) < 4.78 is 2.76. The third-order valence-corrected chi connectivity index (χ3v) is 2.39. The predicted molar refractivity (Wildman–Crippen MR) is 53.3 cm³/mol. The highest BCUT2D eigenvalue weighted by Gasteiger charge is 2.04. The highest BCUT2D eigenvalue weighted by molar-refractivity contribution is 7.71. The van der Waals surface area contributed by atoms with Crippen molar-refractivity contribution in [3.05, 3.63) is 28.3 Å². The van der Waals surface area contributed by atoms with Gasteiger partial charge < -0.3 is 9.55 Å². The van der Waals surface area contributed by atoms with E-state index in [2.05, 4.69) is 29.3 Å². The predicted octanol–water partition coefficient (Wildman–Crippen LogP) is 2.51. The van der Waals surface area contributed by atoms with Crippen molar-refractivity contribution in [2.45, 2.75) is 6.42 Å². The molecule has 0 fully saturated rings. The van der Waals surface area contributed by atoms with Crippen LogP contribution >= 0.6 is 12.2 Å². The van der Waals surface area contributed by atoms with E-state index >= 15 is 0 Å². The maximum atomic E-state index is 5.11. The lowest BCUT2D eigenvalue weighted by atomic mass is 10.3. The number of nitrogens with zero attached hydrogens (tertiary/aromatic N) is 1. The summed E-state index contributed by atoms with van der Waals surface area (Å²) in [4.78, 5) is 3.14. The Bertz CT molecular complexity index is 407. The van der Waals surface area contributed by atoms with Crippen molar-refractivity contribution in [1.29, 1.82) is 0 Å². The first kappa shape index (κ1) is 7.55. The molecule has 0 bridgehead atoms. The van der Waals surface area contributed by atoms with Crippen molar-refractivity contribution < 1.29 is 0 Å². The number of rotatable bonds is 0. The maximum Gasteiger partial charge on any atom is 0.177 e. The highest BCUT2D eigenvalue weighted by atomic mass is 32.1. The number of hydrogen-bond acceptors (Lipinski definition) is 1. The van der Waals surface area contributed by atoms with Gasteiger partial charge in [-0.3, -0.25) is 0 Å². The van der Waals surface area contributed by atoms with Gasteiger partial charge in [0.1, 0.15) is 0 Å². The molecule has 0 aromatic carbocycles. The molecule has 2 nitrogen and oxygen atoms in total. The summed E-state index contributed by atoms with van der Waals surface area (Å²) in [6.45, 7) is 0. The summed E-state index contributed by atoms with van der Waals surface area (Å²) >= 11 is 5.11. The Labute approximate surface area is 76.2 Å². The van der Waals surface area contributed by atoms with Crippen molar-refractivity contribution in [3.63, 3.8) is 0 Å². The molecule has 0 saturated carbocycles. The second kappa shape index (κ2) is 2.75. The van der Waals surface area contributed by atoms with Crippen LogP contribution in [0, 0.1) is 4.77 Å². The van der Waals surface area contributed by atoms with Crippen molar-refractivity contribution in [2.75, 3.05) is 0 Å². The molecule has 1 aliphatic carbocycles. The summed E-state index contributed by atoms with van der Waals surface area (Å²) in [6.07, 6.45) is 9.42. The molecule has 0 radical (unpaired) electrons. The molecule has 0 saturated heterocycles. The van der Waals surface area contributed by atoms with E-state index in [1.807, 2.05) is 11.6 Å². The van der Waals surface area contributed by atoms with Gasteiger partial charge in [0.2, 0.25) is 0 Å². The molecule has 0 spiro atoms. The van der Waals surface area contributed by atoms with Crippen LogP contribution in [0.1, 0.15) is 17.8 Å². The molecule has 0 amide bonds. The molecule has 1 aromatic rings. The molecule has 12 heavy (non-hydrogen) atoms. The second-order valence-electron chi connectivity index (χ2n) is 2.83. The minimum atomic E-state index is 0.774. The molecule has 3 heteroatoms. The summed E-state index contributed by atoms with van der Waals surface area (Å²) in [5.41, 5.74) is 2.27. The summed E-state index contributed by atoms with van der Waals surface area (Å²) in [5.74, 6) is 0. The number of H-pyrrole nitrogens is 1. The first-order valence-electron chi connectivity index (χ1n) is 3.91. The van der Waals surface area contributed by atoms with Gasteiger partial charge in [-0.15, -0.1) is 0 Å². The number of nitrogens with one attached hydrogen (secondary N) is 1. The molecular formula is C9H10N2S. The van der Waals surface area contributed by atoms with Crippen molar-refractivity contribution >= 4 is 24.4 Å². The fraction of sp³-hybridized carbons (Fsp3) is 0.222. The van der Waals surface area contributed by atoms with Crippen LogP contribution in [0.15, 0.2) is 12.2 Å². The number of aromatic amines is 1. The second-order valence-corrected chi connectivity index (χ2v) is 3.22. The Kier molecular flexibility index (Phi) is 1.73. The highest BCUT2D eigenvalue weighted by Crippen LogP contribution is 2.15. The molecule has 62 valence electrons. The zero-order valence-corrected chi connectivity index (χ0v) is 7.69. The zero-order chi connectivity index (χ0) is 8.55. The van der Waals surface area contributed by atoms with Crippen LogP contribution in [-0.2, 0) is 7.05 Å². The van der Waals surface area contributed by atoms with E-state index in [0.29, 0.717) is 0 Å². The zero-order valence-electron chi connectivity index (χ0n) is 6.87. The van der Waals surface area contributed by atoms with Crippen LogP contribution in [0.25, 0.3) is 12.2 Å². The van der Waals surface area contributed by atoms with Crippen LogP contribution < -0.4 is 0 Å². The molecule has 2 rings (SSSR count). The molecule has 1 N–H and O–H groups in total. The molecule has 0 atom stereocenters. The molecule has 1 heterocycles. The monoisotopic (exact) mass is 178 g/mol. The van der Waals surface area contributed by atoms with Gasteiger partial charge in [0.15, 0.2) is 4.77 Å². The van der Waals surface area contributed by atoms with Gasteiger partial charge in [-0.1, -0.05) is 12.2 Å². The molecule has 1 aliphatic rings. The lowest BCUT2D eigenvalue weighted by Crippen LogP contribution is -1.90. The van der Waals surface area contributed by atoms with E-state index in [-0.39, 0.29) is 0 Å². The Morgan fingerprint density at radius 1 is 1.42 bits per heavy atom. The van der Waals surface area contributed by atoms with Crippen molar-refractivity contribution in [1.82, 2.24) is 9.55 Å². The summed E-state index contributed by atoms with van der Waals surface area (Å²) in [7, 11) is 1.97. The lowest BCUT2D eigenvalue weighted by molar-refractivity contribution is 0.884. The fourth-order valence-electron chi connectivity index (χ4n) is 1.33. The first-order chi connectivity index (χ1) is 5.79. The Morgan fingerprint density at radius 3 is 3.00 bits per heavy atom. The number of imidazole rings is 1. The van der Waals surface area contributed by atoms with Crippen LogP contribution in [0.4, 0.5) is 0 Å². The van der Waals surface area contributed by atoms with E-state index < -0.39 is 0 Å². The number of aromatic nitrogens is 2. The van der Waals surface area contributed by atoms with E-state index in [1.165, 1.54) is 0 Å². The smallest absolute Gasteiger partial charge is 0.177 e.